The summed E-state index contributed by atoms with van der Waals surface area (Å²) in [4.78, 5) is 68.7. The molecular weight excluding hydrogens is 1300 g/mol. The molecule has 10 heterocycles. The normalized spacial score (nSPS) is 12.1. The smallest absolute Gasteiger partial charge is 0.217 e. The van der Waals surface area contributed by atoms with E-state index in [-0.39, 0.29) is 68.1 Å². The van der Waals surface area contributed by atoms with E-state index in [0.717, 1.165) is 129 Å². The number of Topliss-reactive ketones (excluding diaryl/α,β-unsaturated/α-hetero) is 2. The molecule has 1 aliphatic heterocycles. The lowest BCUT2D eigenvalue weighted by Crippen LogP contribution is -2.36. The minimum absolute atomic E-state index is 0. The number of pyridine rings is 4. The van der Waals surface area contributed by atoms with E-state index in [0.29, 0.717) is 24.8 Å². The third-order valence-corrected chi connectivity index (χ3v) is 14.0. The molecule has 0 aromatic carbocycles. The molecule has 102 heavy (non-hydrogen) atoms. The fourth-order valence-corrected chi connectivity index (χ4v) is 8.73. The maximum absolute atomic E-state index is 11.8. The van der Waals surface area contributed by atoms with Gasteiger partial charge in [0.2, 0.25) is 11.8 Å². The molecule has 0 radical (unpaired) electrons. The summed E-state index contributed by atoms with van der Waals surface area (Å²) in [6, 6.07) is 25.4. The van der Waals surface area contributed by atoms with E-state index in [1.165, 1.54) is 23.7 Å². The second-order valence-corrected chi connectivity index (χ2v) is 24.0. The topological polar surface area (TPSA) is 242 Å². The van der Waals surface area contributed by atoms with E-state index in [1.807, 2.05) is 186 Å². The lowest BCUT2D eigenvalue weighted by Gasteiger charge is -2.28. The molecule has 2 fully saturated rings. The van der Waals surface area contributed by atoms with Crippen LogP contribution >= 0.6 is 11.3 Å². The summed E-state index contributed by atoms with van der Waals surface area (Å²) in [7, 11) is 3.26. The largest absolute Gasteiger partial charge is 0.481 e. The Labute approximate surface area is 618 Å². The van der Waals surface area contributed by atoms with Crippen LogP contribution in [-0.4, -0.2) is 129 Å². The molecule has 0 amide bonds. The number of rotatable bonds is 9. The fraction of sp³-hybridized carbons (Fsp3) is 0.487. The first-order valence-electron chi connectivity index (χ1n) is 31.9. The third kappa shape index (κ3) is 46.5. The number of thiazole rings is 1. The van der Waals surface area contributed by atoms with Crippen LogP contribution in [0.25, 0.3) is 0 Å². The van der Waals surface area contributed by atoms with Crippen LogP contribution in [0.5, 0.6) is 11.8 Å². The number of methoxy groups -OCH3 is 2. The maximum atomic E-state index is 11.8. The number of aryl methyl sites for hydroxylation is 17. The van der Waals surface area contributed by atoms with Crippen molar-refractivity contribution in [2.75, 3.05) is 45.4 Å². The molecule has 0 N–H and O–H groups in total. The van der Waals surface area contributed by atoms with E-state index >= 15 is 0 Å². The van der Waals surface area contributed by atoms with Crippen LogP contribution < -0.4 is 14.4 Å². The number of carbonyl (C=O) groups is 2. The highest BCUT2D eigenvalue weighted by atomic mass is 32.1. The zero-order valence-corrected chi connectivity index (χ0v) is 61.8. The first kappa shape index (κ1) is 102. The van der Waals surface area contributed by atoms with Crippen LogP contribution in [-0.2, 0) is 27.3 Å². The Kier molecular flexibility index (Phi) is 55.7. The van der Waals surface area contributed by atoms with E-state index in [9.17, 15) is 14.0 Å². The van der Waals surface area contributed by atoms with Gasteiger partial charge in [-0.3, -0.25) is 29.5 Å². The number of hydrogen-bond donors (Lipinski definition) is 0. The van der Waals surface area contributed by atoms with E-state index < -0.39 is 6.17 Å². The number of ketones is 2. The highest BCUT2D eigenvalue weighted by Crippen LogP contribution is 2.34. The van der Waals surface area contributed by atoms with Crippen molar-refractivity contribution >= 4 is 28.6 Å². The molecule has 9 aromatic rings. The van der Waals surface area contributed by atoms with Crippen LogP contribution in [0.3, 0.4) is 0 Å². The summed E-state index contributed by atoms with van der Waals surface area (Å²) in [5.41, 5.74) is 16.6. The van der Waals surface area contributed by atoms with Crippen LogP contribution in [0.15, 0.2) is 103 Å². The number of hydrogen-bond acceptors (Lipinski definition) is 21. The second kappa shape index (κ2) is 55.8. The summed E-state index contributed by atoms with van der Waals surface area (Å²) < 4.78 is 32.4. The van der Waals surface area contributed by atoms with Gasteiger partial charge in [-0.2, -0.15) is 20.2 Å². The molecule has 9 aromatic heterocycles. The summed E-state index contributed by atoms with van der Waals surface area (Å²) in [5.74, 6) is 3.44. The molecule has 0 bridgehead atoms. The minimum atomic E-state index is -0.808. The number of morpholine rings is 1. The lowest BCUT2D eigenvalue weighted by molar-refractivity contribution is -0.118. The van der Waals surface area contributed by atoms with Crippen molar-refractivity contribution in [2.24, 2.45) is 5.92 Å². The Morgan fingerprint density at radius 2 is 1.10 bits per heavy atom. The highest BCUT2D eigenvalue weighted by Gasteiger charge is 2.41. The highest BCUT2D eigenvalue weighted by molar-refractivity contribution is 7.09. The Morgan fingerprint density at radius 3 is 1.45 bits per heavy atom. The molecule has 566 valence electrons. The molecule has 2 atom stereocenters. The van der Waals surface area contributed by atoms with Gasteiger partial charge in [0, 0.05) is 107 Å². The van der Waals surface area contributed by atoms with Crippen LogP contribution in [0.1, 0.15) is 198 Å². The molecule has 1 aliphatic carbocycles. The Morgan fingerprint density at radius 1 is 0.569 bits per heavy atom. The monoisotopic (exact) mass is 1430 g/mol. The number of nitrogens with zero attached hydrogens (tertiary/aromatic N) is 14. The molecule has 0 spiro atoms. The van der Waals surface area contributed by atoms with Crippen molar-refractivity contribution < 1.29 is 32.9 Å². The Hall–Kier alpha value is -8.86. The second-order valence-electron chi connectivity index (χ2n) is 23.0. The lowest BCUT2D eigenvalue weighted by atomic mass is 10.2. The van der Waals surface area contributed by atoms with Crippen molar-refractivity contribution in [3.05, 3.63) is 210 Å². The molecular formula is C80H127FN14O6S. The summed E-state index contributed by atoms with van der Waals surface area (Å²) >= 11 is 1.69. The Balaban J connectivity index is -0.000000341. The SMILES string of the molecule is C.C.C.C.C.C.CC(=O)C1CC1F.CC(=O)c1ccnc(C)c1.CCc1ccc(C)nc1.COCc1cc(C)nc(C)n1.COc1cc(C)nc(C)n1.Cc1cc(C)c(C)nn1.Cc1cc(OC(C)C)nc(C)n1.Cc1ccc(N2CCOCC2)cn1.Cc1cccc(C)n1.Cc1csc(C)n1. The first-order valence-corrected chi connectivity index (χ1v) is 32.7. The van der Waals surface area contributed by atoms with Crippen LogP contribution in [0.4, 0.5) is 10.1 Å². The predicted molar refractivity (Wildman–Crippen MR) is 422 cm³/mol. The van der Waals surface area contributed by atoms with Gasteiger partial charge in [0.05, 0.1) is 72.9 Å². The third-order valence-electron chi connectivity index (χ3n) is 13.1. The number of aromatic nitrogens is 13. The van der Waals surface area contributed by atoms with Gasteiger partial charge in [-0.25, -0.2) is 29.3 Å². The van der Waals surface area contributed by atoms with E-state index in [2.05, 4.69) is 94.4 Å². The average molecular weight is 1430 g/mol. The quantitative estimate of drug-likeness (QED) is 0.122. The number of carbonyl (C=O) groups excluding carboxylic acids is 2. The molecule has 11 rings (SSSR count). The Bertz CT molecular complexity index is 3610. The van der Waals surface area contributed by atoms with Crippen LogP contribution in [0, 0.1) is 117 Å². The summed E-state index contributed by atoms with van der Waals surface area (Å²) in [6.45, 7) is 44.4. The molecule has 1 saturated heterocycles. The van der Waals surface area contributed by atoms with E-state index in [4.69, 9.17) is 18.9 Å². The van der Waals surface area contributed by atoms with Crippen molar-refractivity contribution in [3.8, 4) is 11.8 Å². The first-order chi connectivity index (χ1) is 45.4. The number of alkyl halides is 1. The van der Waals surface area contributed by atoms with Gasteiger partial charge < -0.3 is 23.8 Å². The van der Waals surface area contributed by atoms with Gasteiger partial charge in [0.15, 0.2) is 5.78 Å². The van der Waals surface area contributed by atoms with Gasteiger partial charge in [0.25, 0.3) is 0 Å². The van der Waals surface area contributed by atoms with Gasteiger partial charge in [0.1, 0.15) is 29.4 Å². The zero-order valence-electron chi connectivity index (χ0n) is 61.0. The predicted octanol–water partition coefficient (Wildman–Crippen LogP) is 18.6. The number of halogens is 1. The number of ether oxygens (including phenoxy) is 4. The average Bonchev–Trinajstić information content (AvgIpc) is 1.70. The van der Waals surface area contributed by atoms with Crippen LogP contribution in [0.2, 0.25) is 0 Å². The molecule has 20 nitrogen and oxygen atoms in total. The molecule has 1 saturated carbocycles. The zero-order chi connectivity index (χ0) is 71.9. The maximum Gasteiger partial charge on any atom is 0.217 e. The summed E-state index contributed by atoms with van der Waals surface area (Å²) in [5, 5.41) is 11.0. The van der Waals surface area contributed by atoms with Crippen molar-refractivity contribution in [3.63, 3.8) is 0 Å². The van der Waals surface area contributed by atoms with Crippen molar-refractivity contribution in [2.45, 2.75) is 222 Å². The van der Waals surface area contributed by atoms with Gasteiger partial charge in [-0.05, 0) is 217 Å². The fourth-order valence-electron chi connectivity index (χ4n) is 8.14. The summed E-state index contributed by atoms with van der Waals surface area (Å²) in [6.07, 6.45) is 6.40. The standard InChI is InChI=1S/C10H14N2O.C9H14N2O.C8H12N2O.C8H9NO.C8H11N.C7H10N2O.C7H10N2.C7H9N.C5H7FO.C5H7NS.6CH4/c1-9-2-3-10(8-11-9)12-4-6-13-7-5-12;1-6(2)12-9-5-7(3)10-8(4)11-9;1-6-4-8(5-11-3)10-7(2)9-6;1-6-5-8(7(2)10)3-4-9-6;1-3-8-5-4-7(2)9-6-8;1-5-4-7(10-3)9-6(2)8-5;1-5-4-6(2)8-9-7(5)3;1-6-4-3-5-7(2)8-6;1-3(7)4-2-5(4)6;1-4-3-7-5(2)6-4;;;;;;/h2-3,8H,4-7H2,1H3;5-6H,1-4H3;4H,5H2,1-3H3;3-5H,1-2H3;4-6H,3H2,1-2H3;4H,1-3H3;4H,1-3H3;3-5H,1-2H3;4-5H,2H2,1H3;3H,1-2H3;6*1H4. The molecule has 2 aliphatic rings. The van der Waals surface area contributed by atoms with Gasteiger partial charge in [-0.1, -0.05) is 63.6 Å². The van der Waals surface area contributed by atoms with Crippen molar-refractivity contribution in [1.82, 2.24) is 65.0 Å². The molecule has 2 unspecified atom stereocenters. The van der Waals surface area contributed by atoms with Gasteiger partial charge in [-0.15, -0.1) is 11.3 Å². The minimum Gasteiger partial charge on any atom is -0.481 e. The number of anilines is 1. The molecule has 22 heteroatoms. The van der Waals surface area contributed by atoms with E-state index in [1.54, 1.807) is 56.9 Å². The van der Waals surface area contributed by atoms with Gasteiger partial charge >= 0.3 is 0 Å². The van der Waals surface area contributed by atoms with Crippen molar-refractivity contribution in [1.29, 1.82) is 0 Å².